The molecule has 0 aromatic heterocycles. The molecular weight excluding hydrogens is 525 g/mol. The van der Waals surface area contributed by atoms with Crippen LogP contribution in [0.2, 0.25) is 5.02 Å². The van der Waals surface area contributed by atoms with Crippen LogP contribution < -0.4 is 10.5 Å². The molecule has 200 valence electrons. The van der Waals surface area contributed by atoms with E-state index in [1.54, 1.807) is 11.8 Å². The third kappa shape index (κ3) is 10.5. The second-order valence-electron chi connectivity index (χ2n) is 8.72. The summed E-state index contributed by atoms with van der Waals surface area (Å²) >= 11 is 8.27. The van der Waals surface area contributed by atoms with E-state index in [9.17, 15) is 4.57 Å². The number of hydrogen-bond donors (Lipinski definition) is 1. The second kappa shape index (κ2) is 15.6. The van der Waals surface area contributed by atoms with E-state index in [0.717, 1.165) is 51.0 Å². The van der Waals surface area contributed by atoms with Gasteiger partial charge in [-0.15, -0.1) is 0 Å². The Labute approximate surface area is 230 Å². The van der Waals surface area contributed by atoms with Crippen molar-refractivity contribution in [2.45, 2.75) is 62.0 Å². The van der Waals surface area contributed by atoms with E-state index in [0.29, 0.717) is 32.4 Å². The number of benzene rings is 3. The predicted molar refractivity (Wildman–Crippen MR) is 154 cm³/mol. The Morgan fingerprint density at radius 3 is 2.35 bits per heavy atom. The second-order valence-corrected chi connectivity index (χ2v) is 12.5. The fourth-order valence-electron chi connectivity index (χ4n) is 3.88. The summed E-state index contributed by atoms with van der Waals surface area (Å²) in [6, 6.07) is 24.4. The zero-order valence-corrected chi connectivity index (χ0v) is 24.1. The lowest BCUT2D eigenvalue weighted by molar-refractivity contribution is 0.219. The summed E-state index contributed by atoms with van der Waals surface area (Å²) in [7, 11) is -3.04. The largest absolute Gasteiger partial charge is 0.489 e. The highest BCUT2D eigenvalue weighted by molar-refractivity contribution is 7.99. The smallest absolute Gasteiger partial charge is 0.330 e. The molecule has 0 aliphatic heterocycles. The highest BCUT2D eigenvalue weighted by Crippen LogP contribution is 2.48. The van der Waals surface area contributed by atoms with Crippen molar-refractivity contribution >= 4 is 31.0 Å². The zero-order valence-electron chi connectivity index (χ0n) is 21.6. The maximum Gasteiger partial charge on any atom is 0.330 e. The third-order valence-corrected chi connectivity index (χ3v) is 9.20. The van der Waals surface area contributed by atoms with Gasteiger partial charge in [0, 0.05) is 20.9 Å². The van der Waals surface area contributed by atoms with Crippen LogP contribution in [0.25, 0.3) is 0 Å². The SMILES string of the molecule is CCOP(=O)(CCC(N)CCCc1ccc(Sc2cccc(OCc3ccccc3)c2)cc1Cl)OCC. The first kappa shape index (κ1) is 29.8. The number of rotatable bonds is 16. The Balaban J connectivity index is 1.46. The molecule has 3 rings (SSSR count). The number of nitrogens with two attached hydrogens (primary N) is 1. The molecule has 0 spiro atoms. The van der Waals surface area contributed by atoms with Gasteiger partial charge in [-0.3, -0.25) is 4.57 Å². The summed E-state index contributed by atoms with van der Waals surface area (Å²) in [5.41, 5.74) is 8.52. The molecule has 0 saturated carbocycles. The van der Waals surface area contributed by atoms with Crippen molar-refractivity contribution in [2.24, 2.45) is 5.73 Å². The Morgan fingerprint density at radius 1 is 0.919 bits per heavy atom. The number of halogens is 1. The van der Waals surface area contributed by atoms with Gasteiger partial charge in [0.15, 0.2) is 0 Å². The fraction of sp³-hybridized carbons (Fsp3) is 0.379. The molecule has 0 fully saturated rings. The van der Waals surface area contributed by atoms with Crippen molar-refractivity contribution in [1.82, 2.24) is 0 Å². The van der Waals surface area contributed by atoms with E-state index in [2.05, 4.69) is 30.3 Å². The molecule has 0 radical (unpaired) electrons. The minimum absolute atomic E-state index is 0.0563. The lowest BCUT2D eigenvalue weighted by Crippen LogP contribution is -2.22. The van der Waals surface area contributed by atoms with Crippen LogP contribution in [0, 0.1) is 0 Å². The first-order valence-electron chi connectivity index (χ1n) is 12.8. The molecule has 0 aliphatic carbocycles. The van der Waals surface area contributed by atoms with Gasteiger partial charge in [-0.05, 0) is 81.0 Å². The van der Waals surface area contributed by atoms with Gasteiger partial charge in [-0.25, -0.2) is 0 Å². The van der Waals surface area contributed by atoms with Crippen LogP contribution in [0.15, 0.2) is 82.6 Å². The van der Waals surface area contributed by atoms with Crippen molar-refractivity contribution in [1.29, 1.82) is 0 Å². The molecular formula is C29H37ClNO4PS. The Hall–Kier alpha value is -1.79. The van der Waals surface area contributed by atoms with Crippen LogP contribution in [-0.4, -0.2) is 25.4 Å². The minimum atomic E-state index is -3.04. The van der Waals surface area contributed by atoms with Crippen molar-refractivity contribution < 1.29 is 18.3 Å². The summed E-state index contributed by atoms with van der Waals surface area (Å²) in [5.74, 6) is 0.840. The van der Waals surface area contributed by atoms with E-state index in [1.807, 2.05) is 56.3 Å². The Morgan fingerprint density at radius 2 is 1.65 bits per heavy atom. The van der Waals surface area contributed by atoms with E-state index in [1.165, 1.54) is 0 Å². The summed E-state index contributed by atoms with van der Waals surface area (Å²) in [5, 5.41) is 0.757. The summed E-state index contributed by atoms with van der Waals surface area (Å²) in [4.78, 5) is 2.17. The van der Waals surface area contributed by atoms with E-state index >= 15 is 0 Å². The molecule has 0 bridgehead atoms. The summed E-state index contributed by atoms with van der Waals surface area (Å²) in [6.45, 7) is 4.91. The maximum absolute atomic E-state index is 12.6. The highest BCUT2D eigenvalue weighted by Gasteiger charge is 2.24. The van der Waals surface area contributed by atoms with Crippen LogP contribution in [0.5, 0.6) is 5.75 Å². The number of hydrogen-bond acceptors (Lipinski definition) is 6. The lowest BCUT2D eigenvalue weighted by atomic mass is 10.0. The first-order valence-corrected chi connectivity index (χ1v) is 15.7. The molecule has 3 aromatic carbocycles. The van der Waals surface area contributed by atoms with Crippen molar-refractivity contribution in [3.63, 3.8) is 0 Å². The number of ether oxygens (including phenoxy) is 1. The van der Waals surface area contributed by atoms with E-state index in [-0.39, 0.29) is 6.04 Å². The topological polar surface area (TPSA) is 70.8 Å². The number of aryl methyl sites for hydroxylation is 1. The molecule has 2 N–H and O–H groups in total. The summed E-state index contributed by atoms with van der Waals surface area (Å²) < 4.78 is 29.3. The molecule has 0 saturated heterocycles. The zero-order chi connectivity index (χ0) is 26.5. The lowest BCUT2D eigenvalue weighted by Gasteiger charge is -2.19. The normalized spacial score (nSPS) is 12.4. The van der Waals surface area contributed by atoms with Gasteiger partial charge >= 0.3 is 7.60 Å². The molecule has 5 nitrogen and oxygen atoms in total. The van der Waals surface area contributed by atoms with Crippen molar-refractivity contribution in [3.8, 4) is 5.75 Å². The van der Waals surface area contributed by atoms with E-state index < -0.39 is 7.60 Å². The molecule has 3 aromatic rings. The predicted octanol–water partition coefficient (Wildman–Crippen LogP) is 8.38. The van der Waals surface area contributed by atoms with Crippen molar-refractivity contribution in [2.75, 3.05) is 19.4 Å². The average Bonchev–Trinajstić information content (AvgIpc) is 2.89. The summed E-state index contributed by atoms with van der Waals surface area (Å²) in [6.07, 6.45) is 3.52. The molecule has 37 heavy (non-hydrogen) atoms. The van der Waals surface area contributed by atoms with Gasteiger partial charge < -0.3 is 19.5 Å². The monoisotopic (exact) mass is 561 g/mol. The maximum atomic E-state index is 12.6. The molecule has 8 heteroatoms. The van der Waals surface area contributed by atoms with Gasteiger partial charge in [-0.1, -0.05) is 65.8 Å². The van der Waals surface area contributed by atoms with Crippen LogP contribution in [0.4, 0.5) is 0 Å². The van der Waals surface area contributed by atoms with Gasteiger partial charge in [0.1, 0.15) is 12.4 Å². The van der Waals surface area contributed by atoms with Crippen LogP contribution in [0.1, 0.15) is 44.2 Å². The van der Waals surface area contributed by atoms with Crippen LogP contribution in [-0.2, 0) is 26.6 Å². The molecule has 0 aliphatic rings. The fourth-order valence-corrected chi connectivity index (χ4v) is 6.90. The standard InChI is InChI=1S/C29H37ClNO4PS/c1-3-34-36(32,35-4-2)19-18-25(31)13-8-12-24-16-17-28(21-29(24)30)37-27-15-9-14-26(20-27)33-22-23-10-6-5-7-11-23/h5-7,9-11,14-17,20-21,25H,3-4,8,12-13,18-19,22,31H2,1-2H3. The average molecular weight is 562 g/mol. The molecule has 0 heterocycles. The van der Waals surface area contributed by atoms with Crippen molar-refractivity contribution in [3.05, 3.63) is 88.9 Å². The van der Waals surface area contributed by atoms with Gasteiger partial charge in [-0.2, -0.15) is 0 Å². The van der Waals surface area contributed by atoms with Crippen LogP contribution >= 0.6 is 31.0 Å². The van der Waals surface area contributed by atoms with Gasteiger partial charge in [0.25, 0.3) is 0 Å². The minimum Gasteiger partial charge on any atom is -0.489 e. The highest BCUT2D eigenvalue weighted by atomic mass is 35.5. The molecule has 0 amide bonds. The van der Waals surface area contributed by atoms with Gasteiger partial charge in [0.2, 0.25) is 0 Å². The molecule has 1 atom stereocenters. The quantitative estimate of drug-likeness (QED) is 0.177. The third-order valence-electron chi connectivity index (χ3n) is 5.76. The van der Waals surface area contributed by atoms with E-state index in [4.69, 9.17) is 31.1 Å². The molecule has 1 unspecified atom stereocenters. The Bertz CT molecular complexity index is 1140. The first-order chi connectivity index (χ1) is 17.9. The Kier molecular flexibility index (Phi) is 12.5. The van der Waals surface area contributed by atoms with Gasteiger partial charge in [0.05, 0.1) is 19.4 Å². The van der Waals surface area contributed by atoms with Crippen LogP contribution in [0.3, 0.4) is 0 Å².